The van der Waals surface area contributed by atoms with Crippen LogP contribution in [0.4, 0.5) is 5.69 Å². The number of carbonyl (C=O) groups excluding carboxylic acids is 1. The first kappa shape index (κ1) is 19.9. The zero-order valence-electron chi connectivity index (χ0n) is 16.4. The summed E-state index contributed by atoms with van der Waals surface area (Å²) in [6.07, 6.45) is 0. The molecule has 1 atom stereocenters. The van der Waals surface area contributed by atoms with Gasteiger partial charge in [-0.25, -0.2) is 0 Å². The molecular weight excluding hydrogens is 370 g/mol. The van der Waals surface area contributed by atoms with Crippen LogP contribution in [0.25, 0.3) is 5.69 Å². The maximum atomic E-state index is 12.5. The van der Waals surface area contributed by atoms with E-state index in [0.717, 1.165) is 22.4 Å². The highest BCUT2D eigenvalue weighted by atomic mass is 32.2. The van der Waals surface area contributed by atoms with E-state index in [1.807, 2.05) is 70.2 Å². The van der Waals surface area contributed by atoms with Gasteiger partial charge in [0.05, 0.1) is 10.9 Å². The van der Waals surface area contributed by atoms with Crippen molar-refractivity contribution in [1.82, 2.24) is 9.78 Å². The number of anilines is 1. The predicted octanol–water partition coefficient (Wildman–Crippen LogP) is 4.28. The van der Waals surface area contributed by atoms with Gasteiger partial charge in [-0.15, -0.1) is 0 Å². The number of hydrogen-bond acceptors (Lipinski definition) is 4. The average molecular weight is 394 g/mol. The van der Waals surface area contributed by atoms with E-state index in [9.17, 15) is 9.59 Å². The highest BCUT2D eigenvalue weighted by Crippen LogP contribution is 2.22. The monoisotopic (exact) mass is 393 g/mol. The van der Waals surface area contributed by atoms with Crippen molar-refractivity contribution in [1.29, 1.82) is 0 Å². The van der Waals surface area contributed by atoms with E-state index >= 15 is 0 Å². The summed E-state index contributed by atoms with van der Waals surface area (Å²) >= 11 is 1.32. The minimum Gasteiger partial charge on any atom is -0.325 e. The van der Waals surface area contributed by atoms with Gasteiger partial charge in [-0.1, -0.05) is 30.0 Å². The second-order valence-electron chi connectivity index (χ2n) is 6.81. The molecule has 0 saturated heterocycles. The lowest BCUT2D eigenvalue weighted by molar-refractivity contribution is -0.115. The average Bonchev–Trinajstić information content (AvgIpc) is 2.65. The maximum Gasteiger partial charge on any atom is 0.271 e. The molecule has 0 fully saturated rings. The molecule has 0 saturated carbocycles. The van der Waals surface area contributed by atoms with E-state index in [0.29, 0.717) is 10.7 Å². The van der Waals surface area contributed by atoms with E-state index < -0.39 is 0 Å². The van der Waals surface area contributed by atoms with Gasteiger partial charge in [0, 0.05) is 11.8 Å². The van der Waals surface area contributed by atoms with E-state index in [1.165, 1.54) is 22.5 Å². The molecule has 0 radical (unpaired) electrons. The Morgan fingerprint density at radius 2 is 1.82 bits per heavy atom. The first-order chi connectivity index (χ1) is 13.3. The number of thioether (sulfide) groups is 1. The zero-order valence-corrected chi connectivity index (χ0v) is 17.2. The summed E-state index contributed by atoms with van der Waals surface area (Å²) in [6, 6.07) is 16.6. The number of nitrogens with zero attached hydrogens (tertiary/aromatic N) is 2. The number of carbonyl (C=O) groups is 1. The molecule has 6 heteroatoms. The summed E-state index contributed by atoms with van der Waals surface area (Å²) in [5.74, 6) is -0.110. The number of nitrogens with one attached hydrogen (secondary N) is 1. The van der Waals surface area contributed by atoms with Gasteiger partial charge in [-0.05, 0) is 74.7 Å². The molecule has 3 rings (SSSR count). The highest BCUT2D eigenvalue weighted by molar-refractivity contribution is 8.00. The Labute approximate surface area is 168 Å². The van der Waals surface area contributed by atoms with Crippen LogP contribution in [0, 0.1) is 20.8 Å². The normalized spacial score (nSPS) is 11.9. The summed E-state index contributed by atoms with van der Waals surface area (Å²) in [5.41, 5.74) is 4.61. The minimum absolute atomic E-state index is 0.110. The summed E-state index contributed by atoms with van der Waals surface area (Å²) in [5, 5.41) is 7.62. The van der Waals surface area contributed by atoms with E-state index in [1.54, 1.807) is 6.07 Å². The van der Waals surface area contributed by atoms with Crippen molar-refractivity contribution in [3.8, 4) is 5.69 Å². The van der Waals surface area contributed by atoms with Crippen molar-refractivity contribution < 1.29 is 4.79 Å². The number of rotatable bonds is 5. The maximum absolute atomic E-state index is 12.5. The molecule has 0 aliphatic carbocycles. The van der Waals surface area contributed by atoms with Crippen LogP contribution in [0.5, 0.6) is 0 Å². The lowest BCUT2D eigenvalue weighted by Gasteiger charge is -2.13. The van der Waals surface area contributed by atoms with Crippen LogP contribution < -0.4 is 10.9 Å². The SMILES string of the molecule is Cc1cccc(NC(=O)C(C)Sc2ccc(=O)n(-c3ccc(C)c(C)c3)n2)c1. The number of benzene rings is 2. The predicted molar refractivity (Wildman–Crippen MR) is 114 cm³/mol. The fourth-order valence-electron chi connectivity index (χ4n) is 2.70. The highest BCUT2D eigenvalue weighted by Gasteiger charge is 2.16. The quantitative estimate of drug-likeness (QED) is 0.657. The second-order valence-corrected chi connectivity index (χ2v) is 8.17. The molecule has 1 unspecified atom stereocenters. The third kappa shape index (κ3) is 4.70. The van der Waals surface area contributed by atoms with Crippen LogP contribution in [0.2, 0.25) is 0 Å². The molecule has 5 nitrogen and oxygen atoms in total. The van der Waals surface area contributed by atoms with Crippen molar-refractivity contribution in [3.05, 3.63) is 81.6 Å². The molecule has 1 N–H and O–H groups in total. The molecule has 2 aromatic carbocycles. The van der Waals surface area contributed by atoms with Crippen molar-refractivity contribution >= 4 is 23.4 Å². The fourth-order valence-corrected chi connectivity index (χ4v) is 3.50. The summed E-state index contributed by atoms with van der Waals surface area (Å²) in [6.45, 7) is 7.83. The largest absolute Gasteiger partial charge is 0.325 e. The molecule has 0 aliphatic heterocycles. The van der Waals surface area contributed by atoms with Crippen molar-refractivity contribution in [2.24, 2.45) is 0 Å². The van der Waals surface area contributed by atoms with Crippen LogP contribution in [0.1, 0.15) is 23.6 Å². The Hall–Kier alpha value is -2.86. The summed E-state index contributed by atoms with van der Waals surface area (Å²) in [7, 11) is 0. The first-order valence-corrected chi connectivity index (χ1v) is 9.93. The van der Waals surface area contributed by atoms with Gasteiger partial charge in [0.25, 0.3) is 5.56 Å². The Morgan fingerprint density at radius 3 is 2.54 bits per heavy atom. The molecule has 0 aliphatic rings. The lowest BCUT2D eigenvalue weighted by Crippen LogP contribution is -2.24. The number of amides is 1. The molecule has 28 heavy (non-hydrogen) atoms. The Balaban J connectivity index is 1.77. The number of aryl methyl sites for hydroxylation is 3. The molecule has 1 heterocycles. The zero-order chi connectivity index (χ0) is 20.3. The van der Waals surface area contributed by atoms with Crippen LogP contribution >= 0.6 is 11.8 Å². The van der Waals surface area contributed by atoms with E-state index in [4.69, 9.17) is 0 Å². The third-order valence-electron chi connectivity index (χ3n) is 4.46. The van der Waals surface area contributed by atoms with Crippen LogP contribution in [-0.2, 0) is 4.79 Å². The van der Waals surface area contributed by atoms with E-state index in [2.05, 4.69) is 10.4 Å². The van der Waals surface area contributed by atoms with E-state index in [-0.39, 0.29) is 16.7 Å². The van der Waals surface area contributed by atoms with Gasteiger partial charge in [-0.2, -0.15) is 9.78 Å². The smallest absolute Gasteiger partial charge is 0.271 e. The summed E-state index contributed by atoms with van der Waals surface area (Å²) in [4.78, 5) is 24.8. The Bertz CT molecular complexity index is 1080. The number of hydrogen-bond donors (Lipinski definition) is 1. The topological polar surface area (TPSA) is 64.0 Å². The Morgan fingerprint density at radius 1 is 1.04 bits per heavy atom. The van der Waals surface area contributed by atoms with Crippen LogP contribution in [0.15, 0.2) is 64.4 Å². The number of aromatic nitrogens is 2. The van der Waals surface area contributed by atoms with Gasteiger partial charge < -0.3 is 5.32 Å². The molecule has 0 bridgehead atoms. The van der Waals surface area contributed by atoms with Gasteiger partial charge in [0.1, 0.15) is 5.03 Å². The van der Waals surface area contributed by atoms with Gasteiger partial charge in [0.15, 0.2) is 0 Å². The first-order valence-electron chi connectivity index (χ1n) is 9.06. The standard InChI is InChI=1S/C22H23N3O2S/c1-14-6-5-7-18(12-14)23-22(27)17(4)28-20-10-11-21(26)25(24-20)19-9-8-15(2)16(3)13-19/h5-13,17H,1-4H3,(H,23,27). The van der Waals surface area contributed by atoms with Crippen LogP contribution in [-0.4, -0.2) is 20.9 Å². The molecule has 3 aromatic rings. The third-order valence-corrected chi connectivity index (χ3v) is 5.49. The van der Waals surface area contributed by atoms with Crippen molar-refractivity contribution in [3.63, 3.8) is 0 Å². The molecule has 0 spiro atoms. The molecule has 1 aromatic heterocycles. The summed E-state index contributed by atoms with van der Waals surface area (Å²) < 4.78 is 1.37. The molecule has 144 valence electrons. The second kappa shape index (κ2) is 8.44. The van der Waals surface area contributed by atoms with Gasteiger partial charge in [0.2, 0.25) is 5.91 Å². The molecular formula is C22H23N3O2S. The molecule has 1 amide bonds. The van der Waals surface area contributed by atoms with Gasteiger partial charge in [-0.3, -0.25) is 9.59 Å². The minimum atomic E-state index is -0.362. The fraction of sp³-hybridized carbons (Fsp3) is 0.227. The lowest BCUT2D eigenvalue weighted by atomic mass is 10.1. The van der Waals surface area contributed by atoms with Crippen molar-refractivity contribution in [2.75, 3.05) is 5.32 Å². The Kier molecular flexibility index (Phi) is 5.99. The van der Waals surface area contributed by atoms with Crippen molar-refractivity contribution in [2.45, 2.75) is 38.0 Å². The van der Waals surface area contributed by atoms with Gasteiger partial charge >= 0.3 is 0 Å². The van der Waals surface area contributed by atoms with Crippen LogP contribution in [0.3, 0.4) is 0 Å².